The molecule has 0 unspecified atom stereocenters. The summed E-state index contributed by atoms with van der Waals surface area (Å²) in [6, 6.07) is 3.27. The van der Waals surface area contributed by atoms with Gasteiger partial charge in [0.2, 0.25) is 11.5 Å². The molecule has 104 valence electrons. The molecule has 0 radical (unpaired) electrons. The molecule has 0 fully saturated rings. The van der Waals surface area contributed by atoms with Crippen molar-refractivity contribution in [2.24, 2.45) is 0 Å². The van der Waals surface area contributed by atoms with E-state index in [4.69, 9.17) is 4.74 Å². The molecular weight excluding hydrogens is 335 g/mol. The minimum absolute atomic E-state index is 0.162. The normalized spacial score (nSPS) is 10.3. The van der Waals surface area contributed by atoms with E-state index in [1.54, 1.807) is 0 Å². The van der Waals surface area contributed by atoms with Crippen molar-refractivity contribution in [3.63, 3.8) is 0 Å². The van der Waals surface area contributed by atoms with E-state index in [1.165, 1.54) is 12.3 Å². The number of ketones is 1. The fraction of sp³-hybridized carbons (Fsp3) is 0.0833. The van der Waals surface area contributed by atoms with Gasteiger partial charge in [-0.1, -0.05) is 0 Å². The van der Waals surface area contributed by atoms with E-state index >= 15 is 0 Å². The molecule has 1 aromatic heterocycles. The maximum Gasteiger partial charge on any atom is 0.311 e. The smallest absolute Gasteiger partial charge is 0.311 e. The van der Waals surface area contributed by atoms with E-state index < -0.39 is 33.5 Å². The zero-order valence-corrected chi connectivity index (χ0v) is 11.7. The highest BCUT2D eigenvalue weighted by Gasteiger charge is 2.27. The van der Waals surface area contributed by atoms with Crippen LogP contribution in [0.25, 0.3) is 0 Å². The topological polar surface area (TPSA) is 85.2 Å². The molecule has 6 nitrogen and oxygen atoms in total. The molecule has 0 aliphatic carbocycles. The predicted octanol–water partition coefficient (Wildman–Crippen LogP) is 3.06. The Bertz CT molecular complexity index is 699. The van der Waals surface area contributed by atoms with Crippen LogP contribution in [0.4, 0.5) is 10.1 Å². The highest BCUT2D eigenvalue weighted by atomic mass is 79.9. The molecule has 1 aromatic carbocycles. The maximum absolute atomic E-state index is 13.9. The number of nitro benzene ring substituents is 1. The lowest BCUT2D eigenvalue weighted by Crippen LogP contribution is -2.08. The number of hydrogen-bond acceptors (Lipinski definition) is 4. The Morgan fingerprint density at radius 1 is 1.50 bits per heavy atom. The van der Waals surface area contributed by atoms with Gasteiger partial charge in [0.05, 0.1) is 16.6 Å². The first-order valence-electron chi connectivity index (χ1n) is 5.35. The summed E-state index contributed by atoms with van der Waals surface area (Å²) in [4.78, 5) is 25.1. The number of methoxy groups -OCH3 is 1. The van der Waals surface area contributed by atoms with Crippen LogP contribution in [-0.4, -0.2) is 22.8 Å². The minimum Gasteiger partial charge on any atom is -0.490 e. The van der Waals surface area contributed by atoms with E-state index in [0.29, 0.717) is 4.60 Å². The first-order chi connectivity index (χ1) is 9.45. The van der Waals surface area contributed by atoms with Crippen LogP contribution >= 0.6 is 15.9 Å². The standard InChI is InChI=1S/C12H8BrFN2O4/c1-20-12-8(16(18)19)3-2-7(14)10(12)11(17)6-4-9(13)15-5-6/h2-5,15H,1H3. The highest BCUT2D eigenvalue weighted by Crippen LogP contribution is 2.34. The van der Waals surface area contributed by atoms with Crippen LogP contribution in [-0.2, 0) is 0 Å². The van der Waals surface area contributed by atoms with Gasteiger partial charge in [-0.05, 0) is 28.1 Å². The van der Waals surface area contributed by atoms with Crippen LogP contribution in [0, 0.1) is 15.9 Å². The molecule has 0 saturated heterocycles. The van der Waals surface area contributed by atoms with Crippen molar-refractivity contribution in [3.8, 4) is 5.75 Å². The Labute approximate surface area is 120 Å². The van der Waals surface area contributed by atoms with Crippen molar-refractivity contribution in [1.29, 1.82) is 0 Å². The van der Waals surface area contributed by atoms with Crippen LogP contribution < -0.4 is 4.74 Å². The number of benzene rings is 1. The molecule has 0 aliphatic rings. The largest absolute Gasteiger partial charge is 0.490 e. The second kappa shape index (κ2) is 5.41. The Balaban J connectivity index is 2.63. The van der Waals surface area contributed by atoms with Crippen LogP contribution in [0.5, 0.6) is 5.75 Å². The number of carbonyl (C=O) groups excluding carboxylic acids is 1. The van der Waals surface area contributed by atoms with Gasteiger partial charge >= 0.3 is 5.69 Å². The molecule has 0 amide bonds. The summed E-state index contributed by atoms with van der Waals surface area (Å²) in [7, 11) is 1.14. The molecule has 0 atom stereocenters. The van der Waals surface area contributed by atoms with Gasteiger partial charge in [-0.15, -0.1) is 0 Å². The molecular formula is C12H8BrFN2O4. The lowest BCUT2D eigenvalue weighted by Gasteiger charge is -2.08. The zero-order valence-electron chi connectivity index (χ0n) is 10.1. The van der Waals surface area contributed by atoms with Gasteiger partial charge in [0.15, 0.2) is 0 Å². The second-order valence-electron chi connectivity index (χ2n) is 3.80. The third kappa shape index (κ3) is 2.42. The van der Waals surface area contributed by atoms with Crippen LogP contribution in [0.2, 0.25) is 0 Å². The average molecular weight is 343 g/mol. The maximum atomic E-state index is 13.9. The summed E-state index contributed by atoms with van der Waals surface area (Å²) in [5, 5.41) is 10.9. The number of hydrogen-bond donors (Lipinski definition) is 1. The number of halogens is 2. The fourth-order valence-corrected chi connectivity index (χ4v) is 2.11. The monoisotopic (exact) mass is 342 g/mol. The molecule has 20 heavy (non-hydrogen) atoms. The Morgan fingerprint density at radius 3 is 2.70 bits per heavy atom. The van der Waals surface area contributed by atoms with Crippen molar-refractivity contribution in [3.05, 3.63) is 56.1 Å². The molecule has 2 rings (SSSR count). The summed E-state index contributed by atoms with van der Waals surface area (Å²) >= 11 is 3.12. The third-order valence-electron chi connectivity index (χ3n) is 2.62. The Hall–Kier alpha value is -2.22. The van der Waals surface area contributed by atoms with Crippen molar-refractivity contribution in [2.75, 3.05) is 7.11 Å². The number of nitro groups is 1. The molecule has 0 saturated carbocycles. The average Bonchev–Trinajstić information content (AvgIpc) is 2.83. The number of rotatable bonds is 4. The van der Waals surface area contributed by atoms with Gasteiger partial charge in [0.1, 0.15) is 11.4 Å². The van der Waals surface area contributed by atoms with Gasteiger partial charge in [-0.25, -0.2) is 4.39 Å². The Morgan fingerprint density at radius 2 is 2.20 bits per heavy atom. The number of nitrogens with zero attached hydrogens (tertiary/aromatic N) is 1. The van der Waals surface area contributed by atoms with E-state index in [2.05, 4.69) is 20.9 Å². The van der Waals surface area contributed by atoms with Crippen molar-refractivity contribution >= 4 is 27.4 Å². The molecule has 0 aliphatic heterocycles. The number of aromatic nitrogens is 1. The molecule has 0 spiro atoms. The van der Waals surface area contributed by atoms with Gasteiger partial charge in [0.25, 0.3) is 0 Å². The number of H-pyrrole nitrogens is 1. The lowest BCUT2D eigenvalue weighted by molar-refractivity contribution is -0.385. The number of carbonyl (C=O) groups is 1. The summed E-state index contributed by atoms with van der Waals surface area (Å²) in [5.41, 5.74) is -0.769. The van der Waals surface area contributed by atoms with Crippen molar-refractivity contribution in [2.45, 2.75) is 0 Å². The van der Waals surface area contributed by atoms with Gasteiger partial charge in [-0.2, -0.15) is 0 Å². The highest BCUT2D eigenvalue weighted by molar-refractivity contribution is 9.10. The summed E-state index contributed by atoms with van der Waals surface area (Å²) in [6.45, 7) is 0. The molecule has 8 heteroatoms. The van der Waals surface area contributed by atoms with Crippen molar-refractivity contribution in [1.82, 2.24) is 4.98 Å². The fourth-order valence-electron chi connectivity index (χ4n) is 1.75. The number of nitrogens with one attached hydrogen (secondary N) is 1. The summed E-state index contributed by atoms with van der Waals surface area (Å²) in [5.74, 6) is -1.97. The summed E-state index contributed by atoms with van der Waals surface area (Å²) < 4.78 is 19.3. The van der Waals surface area contributed by atoms with E-state index in [9.17, 15) is 19.3 Å². The first-order valence-corrected chi connectivity index (χ1v) is 6.14. The molecule has 1 heterocycles. The first kappa shape index (κ1) is 14.2. The van der Waals surface area contributed by atoms with Crippen LogP contribution in [0.3, 0.4) is 0 Å². The van der Waals surface area contributed by atoms with E-state index in [-0.39, 0.29) is 5.56 Å². The van der Waals surface area contributed by atoms with E-state index in [0.717, 1.165) is 19.2 Å². The zero-order chi connectivity index (χ0) is 14.9. The summed E-state index contributed by atoms with van der Waals surface area (Å²) in [6.07, 6.45) is 1.37. The lowest BCUT2D eigenvalue weighted by atomic mass is 10.0. The second-order valence-corrected chi connectivity index (χ2v) is 4.65. The molecule has 0 bridgehead atoms. The van der Waals surface area contributed by atoms with Gasteiger partial charge < -0.3 is 9.72 Å². The number of aromatic amines is 1. The van der Waals surface area contributed by atoms with Gasteiger partial charge in [-0.3, -0.25) is 14.9 Å². The van der Waals surface area contributed by atoms with E-state index in [1.807, 2.05) is 0 Å². The molecule has 1 N–H and O–H groups in total. The van der Waals surface area contributed by atoms with Crippen molar-refractivity contribution < 1.29 is 18.8 Å². The van der Waals surface area contributed by atoms with Crippen LogP contribution in [0.15, 0.2) is 29.0 Å². The minimum atomic E-state index is -0.880. The van der Waals surface area contributed by atoms with Crippen LogP contribution in [0.1, 0.15) is 15.9 Å². The quantitative estimate of drug-likeness (QED) is 0.525. The Kier molecular flexibility index (Phi) is 3.84. The number of ether oxygens (including phenoxy) is 1. The predicted molar refractivity (Wildman–Crippen MR) is 71.5 cm³/mol. The SMILES string of the molecule is COc1c([N+](=O)[O-])ccc(F)c1C(=O)c1c[nH]c(Br)c1. The third-order valence-corrected chi connectivity index (χ3v) is 3.08. The van der Waals surface area contributed by atoms with Gasteiger partial charge in [0, 0.05) is 17.8 Å². The molecule has 2 aromatic rings.